The molecular weight excluding hydrogens is 526 g/mol. The number of aromatic nitrogens is 1. The van der Waals surface area contributed by atoms with Crippen LogP contribution in [0.5, 0.6) is 5.75 Å². The van der Waals surface area contributed by atoms with Crippen molar-refractivity contribution in [2.45, 2.75) is 37.0 Å². The number of amides is 3. The van der Waals surface area contributed by atoms with Crippen molar-refractivity contribution in [2.24, 2.45) is 5.73 Å². The Balaban J connectivity index is 1.72. The Hall–Kier alpha value is -4.07. The second-order valence-electron chi connectivity index (χ2n) is 8.93. The molecule has 0 aliphatic carbocycles. The van der Waals surface area contributed by atoms with Gasteiger partial charge in [-0.25, -0.2) is 4.79 Å². The van der Waals surface area contributed by atoms with Crippen LogP contribution >= 0.6 is 12.6 Å². The topological polar surface area (TPSA) is 207 Å². The number of para-hydroxylation sites is 1. The van der Waals surface area contributed by atoms with E-state index in [4.69, 9.17) is 5.73 Å². The number of carboxylic acids is 1. The van der Waals surface area contributed by atoms with Crippen LogP contribution < -0.4 is 21.7 Å². The fraction of sp³-hybridized carbons (Fsp3) is 0.308. The SMILES string of the molecule is NC(CO)C(=O)NC(Cc1ccc(O)cc1)C(=O)NC(CS)C(=O)NC(Cc1c[nH]c2ccccc12)C(=O)O. The highest BCUT2D eigenvalue weighted by Gasteiger charge is 2.30. The lowest BCUT2D eigenvalue weighted by atomic mass is 10.0. The first-order chi connectivity index (χ1) is 18.6. The van der Waals surface area contributed by atoms with Crippen LogP contribution in [0.4, 0.5) is 0 Å². The number of aromatic amines is 1. The van der Waals surface area contributed by atoms with E-state index in [0.717, 1.165) is 10.9 Å². The first kappa shape index (κ1) is 29.5. The molecule has 3 aromatic rings. The van der Waals surface area contributed by atoms with Crippen molar-refractivity contribution in [2.75, 3.05) is 12.4 Å². The Bertz CT molecular complexity index is 1310. The number of aromatic hydroxyl groups is 1. The molecule has 0 aliphatic heterocycles. The third-order valence-electron chi connectivity index (χ3n) is 6.07. The summed E-state index contributed by atoms with van der Waals surface area (Å²) in [6, 6.07) is 8.30. The Kier molecular flexibility index (Phi) is 10.3. The van der Waals surface area contributed by atoms with Gasteiger partial charge in [0.15, 0.2) is 0 Å². The summed E-state index contributed by atoms with van der Waals surface area (Å²) >= 11 is 4.14. The molecule has 12 nitrogen and oxygen atoms in total. The van der Waals surface area contributed by atoms with Crippen molar-refractivity contribution in [3.8, 4) is 5.75 Å². The lowest BCUT2D eigenvalue weighted by molar-refractivity contribution is -0.142. The molecule has 208 valence electrons. The lowest BCUT2D eigenvalue weighted by Crippen LogP contribution is -2.58. The van der Waals surface area contributed by atoms with Crippen LogP contribution in [0.2, 0.25) is 0 Å². The first-order valence-electron chi connectivity index (χ1n) is 12.1. The molecule has 13 heteroatoms. The minimum atomic E-state index is -1.29. The number of phenols is 1. The number of nitrogens with two attached hydrogens (primary N) is 1. The predicted molar refractivity (Wildman–Crippen MR) is 146 cm³/mol. The van der Waals surface area contributed by atoms with Crippen molar-refractivity contribution in [3.05, 3.63) is 65.9 Å². The van der Waals surface area contributed by atoms with Crippen molar-refractivity contribution < 1.29 is 34.5 Å². The van der Waals surface area contributed by atoms with Crippen LogP contribution in [0.15, 0.2) is 54.7 Å². The Morgan fingerprint density at radius 2 is 1.49 bits per heavy atom. The van der Waals surface area contributed by atoms with E-state index in [2.05, 4.69) is 33.6 Å². The van der Waals surface area contributed by atoms with Gasteiger partial charge in [-0.2, -0.15) is 12.6 Å². The molecule has 39 heavy (non-hydrogen) atoms. The number of carbonyl (C=O) groups is 4. The summed E-state index contributed by atoms with van der Waals surface area (Å²) in [5, 5.41) is 36.7. The summed E-state index contributed by atoms with van der Waals surface area (Å²) in [6.07, 6.45) is 1.66. The first-order valence-corrected chi connectivity index (χ1v) is 12.7. The van der Waals surface area contributed by atoms with Crippen LogP contribution in [0, 0.1) is 0 Å². The number of H-pyrrole nitrogens is 1. The molecule has 0 spiro atoms. The van der Waals surface area contributed by atoms with Gasteiger partial charge >= 0.3 is 5.97 Å². The third-order valence-corrected chi connectivity index (χ3v) is 6.44. The number of benzene rings is 2. The van der Waals surface area contributed by atoms with E-state index in [1.807, 2.05) is 24.3 Å². The predicted octanol–water partition coefficient (Wildman–Crippen LogP) is -0.553. The van der Waals surface area contributed by atoms with E-state index >= 15 is 0 Å². The number of thiol groups is 1. The highest BCUT2D eigenvalue weighted by molar-refractivity contribution is 7.80. The summed E-state index contributed by atoms with van der Waals surface area (Å²) < 4.78 is 0. The molecule has 0 saturated heterocycles. The maximum absolute atomic E-state index is 13.1. The number of nitrogens with one attached hydrogen (secondary N) is 4. The van der Waals surface area contributed by atoms with E-state index in [9.17, 15) is 34.5 Å². The van der Waals surface area contributed by atoms with Crippen molar-refractivity contribution in [1.82, 2.24) is 20.9 Å². The van der Waals surface area contributed by atoms with E-state index < -0.39 is 54.5 Å². The van der Waals surface area contributed by atoms with Crippen LogP contribution in [-0.4, -0.2) is 80.5 Å². The monoisotopic (exact) mass is 557 g/mol. The molecule has 4 atom stereocenters. The molecule has 0 fully saturated rings. The quantitative estimate of drug-likeness (QED) is 0.124. The number of aliphatic hydroxyl groups is 1. The summed E-state index contributed by atoms with van der Waals surface area (Å²) in [5.74, 6) is -3.71. The molecule has 0 bridgehead atoms. The number of fused-ring (bicyclic) bond motifs is 1. The van der Waals surface area contributed by atoms with Crippen LogP contribution in [-0.2, 0) is 32.0 Å². The zero-order valence-corrected chi connectivity index (χ0v) is 21.7. The number of hydrogen-bond donors (Lipinski definition) is 9. The molecule has 3 amide bonds. The number of aliphatic carboxylic acids is 1. The molecule has 4 unspecified atom stereocenters. The summed E-state index contributed by atoms with van der Waals surface area (Å²) in [4.78, 5) is 53.5. The van der Waals surface area contributed by atoms with Crippen molar-refractivity contribution in [3.63, 3.8) is 0 Å². The molecule has 9 N–H and O–H groups in total. The van der Waals surface area contributed by atoms with Gasteiger partial charge in [-0.1, -0.05) is 30.3 Å². The zero-order valence-electron chi connectivity index (χ0n) is 20.8. The summed E-state index contributed by atoms with van der Waals surface area (Å²) in [7, 11) is 0. The van der Waals surface area contributed by atoms with Gasteiger partial charge in [0, 0.05) is 35.7 Å². The summed E-state index contributed by atoms with van der Waals surface area (Å²) in [5.41, 5.74) is 7.67. The Morgan fingerprint density at radius 3 is 2.13 bits per heavy atom. The molecule has 0 aliphatic rings. The second kappa shape index (κ2) is 13.6. The maximum Gasteiger partial charge on any atom is 0.326 e. The highest BCUT2D eigenvalue weighted by atomic mass is 32.1. The Morgan fingerprint density at radius 1 is 0.872 bits per heavy atom. The van der Waals surface area contributed by atoms with Gasteiger partial charge in [-0.3, -0.25) is 14.4 Å². The number of aliphatic hydroxyl groups excluding tert-OH is 1. The number of hydrogen-bond acceptors (Lipinski definition) is 8. The largest absolute Gasteiger partial charge is 0.508 e. The van der Waals surface area contributed by atoms with Gasteiger partial charge in [-0.05, 0) is 29.3 Å². The standard InChI is InChI=1S/C26H31N5O7S/c27-18(12-32)23(34)29-20(9-14-5-7-16(33)8-6-14)24(35)31-22(13-39)25(36)30-21(26(37)38)10-15-11-28-19-4-2-1-3-17(15)19/h1-8,11,18,20-22,28,32-33,39H,9-10,12-13,27H2,(H,29,34)(H,30,36)(H,31,35)(H,37,38). The van der Waals surface area contributed by atoms with E-state index in [0.29, 0.717) is 11.1 Å². The van der Waals surface area contributed by atoms with E-state index in [1.165, 1.54) is 12.1 Å². The van der Waals surface area contributed by atoms with Gasteiger partial charge in [0.25, 0.3) is 0 Å². The molecule has 0 radical (unpaired) electrons. The maximum atomic E-state index is 13.1. The lowest BCUT2D eigenvalue weighted by Gasteiger charge is -2.24. The third kappa shape index (κ3) is 7.96. The van der Waals surface area contributed by atoms with Gasteiger partial charge in [0.05, 0.1) is 6.61 Å². The summed E-state index contributed by atoms with van der Waals surface area (Å²) in [6.45, 7) is -0.645. The fourth-order valence-corrected chi connectivity index (χ4v) is 4.16. The molecular formula is C26H31N5O7S. The van der Waals surface area contributed by atoms with Crippen LogP contribution in [0.25, 0.3) is 10.9 Å². The smallest absolute Gasteiger partial charge is 0.326 e. The van der Waals surface area contributed by atoms with Gasteiger partial charge < -0.3 is 42.0 Å². The second-order valence-corrected chi connectivity index (χ2v) is 9.29. The number of phenolic OH excluding ortho intramolecular Hbond substituents is 1. The van der Waals surface area contributed by atoms with Gasteiger partial charge in [-0.15, -0.1) is 0 Å². The van der Waals surface area contributed by atoms with Gasteiger partial charge in [0.2, 0.25) is 17.7 Å². The fourth-order valence-electron chi connectivity index (χ4n) is 3.90. The van der Waals surface area contributed by atoms with Crippen LogP contribution in [0.3, 0.4) is 0 Å². The average molecular weight is 558 g/mol. The van der Waals surface area contributed by atoms with Crippen molar-refractivity contribution >= 4 is 47.2 Å². The molecule has 2 aromatic carbocycles. The van der Waals surface area contributed by atoms with Crippen LogP contribution in [0.1, 0.15) is 11.1 Å². The minimum absolute atomic E-state index is 0.00307. The highest BCUT2D eigenvalue weighted by Crippen LogP contribution is 2.19. The zero-order chi connectivity index (χ0) is 28.5. The number of carboxylic acid groups (broad SMARTS) is 1. The van der Waals surface area contributed by atoms with E-state index in [-0.39, 0.29) is 24.3 Å². The number of rotatable bonds is 13. The molecule has 1 heterocycles. The van der Waals surface area contributed by atoms with E-state index in [1.54, 1.807) is 18.3 Å². The normalized spacial score (nSPS) is 14.1. The minimum Gasteiger partial charge on any atom is -0.508 e. The van der Waals surface area contributed by atoms with Crippen molar-refractivity contribution in [1.29, 1.82) is 0 Å². The number of carbonyl (C=O) groups excluding carboxylic acids is 3. The van der Waals surface area contributed by atoms with Gasteiger partial charge in [0.1, 0.15) is 29.9 Å². The molecule has 3 rings (SSSR count). The Labute approximate surface area is 229 Å². The molecule has 0 saturated carbocycles. The average Bonchev–Trinajstić information content (AvgIpc) is 3.33. The molecule has 1 aromatic heterocycles.